The fraction of sp³-hybridized carbons (Fsp3) is 0.692. The maximum Gasteiger partial charge on any atom is 0.104 e. The molecule has 0 aliphatic heterocycles. The molecular formula is C13H23NOS. The average Bonchev–Trinajstić information content (AvgIpc) is 2.66. The molecule has 0 fully saturated rings. The number of thiophene rings is 1. The van der Waals surface area contributed by atoms with E-state index in [1.54, 1.807) is 11.3 Å². The van der Waals surface area contributed by atoms with Crippen LogP contribution in [0.5, 0.6) is 0 Å². The minimum absolute atomic E-state index is 0.0815. The zero-order valence-electron chi connectivity index (χ0n) is 10.5. The second kappa shape index (κ2) is 7.05. The molecule has 0 radical (unpaired) electrons. The first kappa shape index (κ1) is 13.7. The van der Waals surface area contributed by atoms with E-state index < -0.39 is 0 Å². The minimum atomic E-state index is 0.0815. The molecule has 2 nitrogen and oxygen atoms in total. The van der Waals surface area contributed by atoms with Gasteiger partial charge in [-0.3, -0.25) is 0 Å². The van der Waals surface area contributed by atoms with E-state index in [9.17, 15) is 0 Å². The van der Waals surface area contributed by atoms with Crippen molar-refractivity contribution in [2.75, 3.05) is 13.2 Å². The Kier molecular flexibility index (Phi) is 6.03. The van der Waals surface area contributed by atoms with Gasteiger partial charge in [0.25, 0.3) is 0 Å². The zero-order valence-corrected chi connectivity index (χ0v) is 11.3. The first-order chi connectivity index (χ1) is 7.67. The number of hydrogen-bond acceptors (Lipinski definition) is 3. The van der Waals surface area contributed by atoms with Crippen LogP contribution in [-0.4, -0.2) is 13.2 Å². The average molecular weight is 241 g/mol. The van der Waals surface area contributed by atoms with Gasteiger partial charge >= 0.3 is 0 Å². The maximum absolute atomic E-state index is 5.89. The van der Waals surface area contributed by atoms with E-state index in [1.165, 1.54) is 22.6 Å². The van der Waals surface area contributed by atoms with Crippen molar-refractivity contribution in [1.82, 2.24) is 0 Å². The Labute approximate surface area is 103 Å². The van der Waals surface area contributed by atoms with Gasteiger partial charge in [0.05, 0.1) is 6.61 Å². The third kappa shape index (κ3) is 4.24. The Hall–Kier alpha value is -0.380. The predicted molar refractivity (Wildman–Crippen MR) is 70.9 cm³/mol. The van der Waals surface area contributed by atoms with Gasteiger partial charge in [-0.1, -0.05) is 20.3 Å². The molecule has 1 aromatic rings. The number of nitrogens with two attached hydrogens (primary N) is 1. The van der Waals surface area contributed by atoms with Crippen LogP contribution in [0.3, 0.4) is 0 Å². The molecule has 1 heterocycles. The lowest BCUT2D eigenvalue weighted by Gasteiger charge is -2.17. The molecule has 3 heteroatoms. The SMILES string of the molecule is CCCC(C)COC(CN)c1ccc(C)s1. The van der Waals surface area contributed by atoms with E-state index >= 15 is 0 Å². The van der Waals surface area contributed by atoms with E-state index in [1.807, 2.05) is 0 Å². The normalized spacial score (nSPS) is 15.0. The summed E-state index contributed by atoms with van der Waals surface area (Å²) in [5.41, 5.74) is 5.76. The summed E-state index contributed by atoms with van der Waals surface area (Å²) >= 11 is 1.78. The van der Waals surface area contributed by atoms with Crippen molar-refractivity contribution in [2.24, 2.45) is 11.7 Å². The number of hydrogen-bond donors (Lipinski definition) is 1. The topological polar surface area (TPSA) is 35.2 Å². The molecule has 2 N–H and O–H groups in total. The summed E-state index contributed by atoms with van der Waals surface area (Å²) < 4.78 is 5.89. The van der Waals surface area contributed by atoms with Crippen molar-refractivity contribution < 1.29 is 4.74 Å². The van der Waals surface area contributed by atoms with Gasteiger partial charge in [-0.05, 0) is 31.4 Å². The molecule has 2 atom stereocenters. The molecule has 0 aliphatic carbocycles. The van der Waals surface area contributed by atoms with Gasteiger partial charge in [0.1, 0.15) is 6.10 Å². The van der Waals surface area contributed by atoms with Crippen molar-refractivity contribution in [3.8, 4) is 0 Å². The monoisotopic (exact) mass is 241 g/mol. The maximum atomic E-state index is 5.89. The Balaban J connectivity index is 2.43. The van der Waals surface area contributed by atoms with Crippen LogP contribution in [0.4, 0.5) is 0 Å². The second-order valence-electron chi connectivity index (χ2n) is 4.40. The van der Waals surface area contributed by atoms with Crippen LogP contribution in [0.1, 0.15) is 42.5 Å². The molecule has 0 saturated heterocycles. The quantitative estimate of drug-likeness (QED) is 0.793. The van der Waals surface area contributed by atoms with Crippen LogP contribution < -0.4 is 5.73 Å². The van der Waals surface area contributed by atoms with Gasteiger partial charge in [-0.2, -0.15) is 0 Å². The van der Waals surface area contributed by atoms with Gasteiger partial charge in [-0.25, -0.2) is 0 Å². The Morgan fingerprint density at radius 3 is 2.69 bits per heavy atom. The largest absolute Gasteiger partial charge is 0.371 e. The molecule has 16 heavy (non-hydrogen) atoms. The molecule has 0 spiro atoms. The highest BCUT2D eigenvalue weighted by molar-refractivity contribution is 7.12. The Morgan fingerprint density at radius 2 is 2.19 bits per heavy atom. The van der Waals surface area contributed by atoms with Gasteiger partial charge in [-0.15, -0.1) is 11.3 Å². The van der Waals surface area contributed by atoms with Crippen LogP contribution >= 0.6 is 11.3 Å². The lowest BCUT2D eigenvalue weighted by molar-refractivity contribution is 0.0372. The van der Waals surface area contributed by atoms with Crippen molar-refractivity contribution >= 4 is 11.3 Å². The fourth-order valence-electron chi connectivity index (χ4n) is 1.75. The van der Waals surface area contributed by atoms with E-state index in [-0.39, 0.29) is 6.10 Å². The molecule has 0 aliphatic rings. The summed E-state index contributed by atoms with van der Waals surface area (Å²) in [6.45, 7) is 7.93. The third-order valence-electron chi connectivity index (χ3n) is 2.66. The lowest BCUT2D eigenvalue weighted by atomic mass is 10.1. The Morgan fingerprint density at radius 1 is 1.44 bits per heavy atom. The summed E-state index contributed by atoms with van der Waals surface area (Å²) in [4.78, 5) is 2.57. The first-order valence-corrected chi connectivity index (χ1v) is 6.87. The summed E-state index contributed by atoms with van der Waals surface area (Å²) in [6.07, 6.45) is 2.52. The van der Waals surface area contributed by atoms with Crippen molar-refractivity contribution in [2.45, 2.75) is 39.7 Å². The van der Waals surface area contributed by atoms with E-state index in [0.717, 1.165) is 6.61 Å². The van der Waals surface area contributed by atoms with Crippen LogP contribution in [0, 0.1) is 12.8 Å². The Bertz CT molecular complexity index is 298. The number of rotatable bonds is 7. The molecular weight excluding hydrogens is 218 g/mol. The molecule has 0 amide bonds. The predicted octanol–water partition coefficient (Wildman–Crippen LogP) is 3.51. The second-order valence-corrected chi connectivity index (χ2v) is 5.72. The number of ether oxygens (including phenoxy) is 1. The zero-order chi connectivity index (χ0) is 12.0. The van der Waals surface area contributed by atoms with Crippen LogP contribution in [0.25, 0.3) is 0 Å². The van der Waals surface area contributed by atoms with Gasteiger partial charge in [0.2, 0.25) is 0 Å². The van der Waals surface area contributed by atoms with E-state index in [0.29, 0.717) is 12.5 Å². The standard InChI is InChI=1S/C13H23NOS/c1-4-5-10(2)9-15-12(8-14)13-7-6-11(3)16-13/h6-7,10,12H,4-5,8-9,14H2,1-3H3. The van der Waals surface area contributed by atoms with Gasteiger partial charge in [0, 0.05) is 16.3 Å². The molecule has 92 valence electrons. The summed E-state index contributed by atoms with van der Waals surface area (Å²) in [6, 6.07) is 4.25. The smallest absolute Gasteiger partial charge is 0.104 e. The van der Waals surface area contributed by atoms with Crippen LogP contribution in [-0.2, 0) is 4.74 Å². The molecule has 0 aromatic carbocycles. The van der Waals surface area contributed by atoms with Crippen molar-refractivity contribution in [3.63, 3.8) is 0 Å². The van der Waals surface area contributed by atoms with Crippen molar-refractivity contribution in [1.29, 1.82) is 0 Å². The summed E-state index contributed by atoms with van der Waals surface area (Å²) in [5, 5.41) is 0. The molecule has 0 bridgehead atoms. The van der Waals surface area contributed by atoms with E-state index in [2.05, 4.69) is 32.9 Å². The molecule has 1 rings (SSSR count). The molecule has 0 saturated carbocycles. The van der Waals surface area contributed by atoms with Gasteiger partial charge in [0.15, 0.2) is 0 Å². The number of aryl methyl sites for hydroxylation is 1. The molecule has 1 aromatic heterocycles. The molecule has 2 unspecified atom stereocenters. The van der Waals surface area contributed by atoms with E-state index in [4.69, 9.17) is 10.5 Å². The fourth-order valence-corrected chi connectivity index (χ4v) is 2.69. The first-order valence-electron chi connectivity index (χ1n) is 6.05. The third-order valence-corrected chi connectivity index (χ3v) is 3.75. The van der Waals surface area contributed by atoms with Gasteiger partial charge < -0.3 is 10.5 Å². The highest BCUT2D eigenvalue weighted by Crippen LogP contribution is 2.25. The highest BCUT2D eigenvalue weighted by atomic mass is 32.1. The van der Waals surface area contributed by atoms with Crippen LogP contribution in [0.15, 0.2) is 12.1 Å². The summed E-state index contributed by atoms with van der Waals surface area (Å²) in [5.74, 6) is 0.625. The van der Waals surface area contributed by atoms with Crippen LogP contribution in [0.2, 0.25) is 0 Å². The minimum Gasteiger partial charge on any atom is -0.371 e. The van der Waals surface area contributed by atoms with Crippen molar-refractivity contribution in [3.05, 3.63) is 21.9 Å². The highest BCUT2D eigenvalue weighted by Gasteiger charge is 2.13. The lowest BCUT2D eigenvalue weighted by Crippen LogP contribution is -2.18. The summed E-state index contributed by atoms with van der Waals surface area (Å²) in [7, 11) is 0.